The first-order chi connectivity index (χ1) is 11.0. The Morgan fingerprint density at radius 1 is 1.35 bits per heavy atom. The maximum absolute atomic E-state index is 12.9. The number of aliphatic carboxylic acids is 1. The van der Waals surface area contributed by atoms with Crippen LogP contribution >= 0.6 is 11.3 Å². The van der Waals surface area contributed by atoms with Crippen molar-refractivity contribution in [2.24, 2.45) is 0 Å². The zero-order chi connectivity index (χ0) is 16.6. The molecular formula is C17H16N2O3S. The Labute approximate surface area is 136 Å². The molecule has 0 aliphatic rings. The van der Waals surface area contributed by atoms with Crippen molar-refractivity contribution >= 4 is 27.5 Å². The van der Waals surface area contributed by atoms with E-state index in [0.717, 1.165) is 16.0 Å². The lowest BCUT2D eigenvalue weighted by molar-refractivity contribution is -0.141. The minimum atomic E-state index is -1.02. The van der Waals surface area contributed by atoms with Crippen LogP contribution in [-0.2, 0) is 4.79 Å². The van der Waals surface area contributed by atoms with Crippen LogP contribution < -0.4 is 5.56 Å². The van der Waals surface area contributed by atoms with Gasteiger partial charge in [-0.15, -0.1) is 11.3 Å². The van der Waals surface area contributed by atoms with Gasteiger partial charge in [0.2, 0.25) is 0 Å². The molecule has 6 heteroatoms. The highest BCUT2D eigenvalue weighted by atomic mass is 32.1. The van der Waals surface area contributed by atoms with E-state index in [-0.39, 0.29) is 5.56 Å². The van der Waals surface area contributed by atoms with Crippen molar-refractivity contribution in [2.45, 2.75) is 26.3 Å². The summed E-state index contributed by atoms with van der Waals surface area (Å²) in [6.07, 6.45) is 1.67. The van der Waals surface area contributed by atoms with Crippen molar-refractivity contribution < 1.29 is 9.90 Å². The Morgan fingerprint density at radius 3 is 2.65 bits per heavy atom. The Morgan fingerprint density at radius 2 is 2.04 bits per heavy atom. The van der Waals surface area contributed by atoms with Crippen molar-refractivity contribution in [1.29, 1.82) is 0 Å². The molecule has 0 radical (unpaired) electrons. The third kappa shape index (κ3) is 2.55. The predicted molar refractivity (Wildman–Crippen MR) is 91.0 cm³/mol. The molecule has 3 rings (SSSR count). The summed E-state index contributed by atoms with van der Waals surface area (Å²) in [7, 11) is 0. The minimum Gasteiger partial charge on any atom is -0.480 e. The van der Waals surface area contributed by atoms with Crippen molar-refractivity contribution in [3.63, 3.8) is 0 Å². The van der Waals surface area contributed by atoms with E-state index in [1.165, 1.54) is 22.2 Å². The first-order valence-corrected chi connectivity index (χ1v) is 8.14. The number of hydrogen-bond donors (Lipinski definition) is 1. The van der Waals surface area contributed by atoms with Crippen LogP contribution in [0.5, 0.6) is 0 Å². The van der Waals surface area contributed by atoms with Crippen molar-refractivity contribution in [1.82, 2.24) is 9.55 Å². The molecule has 1 atom stereocenters. The Hall–Kier alpha value is -2.47. The van der Waals surface area contributed by atoms with E-state index in [1.807, 2.05) is 37.3 Å². The van der Waals surface area contributed by atoms with Gasteiger partial charge < -0.3 is 5.11 Å². The van der Waals surface area contributed by atoms with Gasteiger partial charge in [-0.05, 0) is 18.9 Å². The second-order valence-electron chi connectivity index (χ2n) is 5.30. The molecule has 0 aliphatic carbocycles. The highest BCUT2D eigenvalue weighted by Crippen LogP contribution is 2.35. The zero-order valence-corrected chi connectivity index (χ0v) is 13.6. The molecule has 23 heavy (non-hydrogen) atoms. The third-order valence-corrected chi connectivity index (χ3v) is 4.90. The van der Waals surface area contributed by atoms with Crippen LogP contribution in [0.25, 0.3) is 21.3 Å². The molecule has 0 saturated carbocycles. The largest absolute Gasteiger partial charge is 0.480 e. The normalized spacial score (nSPS) is 12.4. The lowest BCUT2D eigenvalue weighted by Gasteiger charge is -2.13. The van der Waals surface area contributed by atoms with Crippen LogP contribution in [0.1, 0.15) is 24.3 Å². The standard InChI is InChI=1S/C17H16N2O3S/c1-3-12(17(21)22)19-9-18-15-14(16(19)20)13(10(2)23-15)11-7-5-4-6-8-11/h4-9,12H,3H2,1-2H3,(H,21,22). The summed E-state index contributed by atoms with van der Waals surface area (Å²) < 4.78 is 1.23. The molecule has 2 heterocycles. The maximum Gasteiger partial charge on any atom is 0.326 e. The minimum absolute atomic E-state index is 0.299. The molecule has 0 bridgehead atoms. The summed E-state index contributed by atoms with van der Waals surface area (Å²) in [5.74, 6) is -1.02. The predicted octanol–water partition coefficient (Wildman–Crippen LogP) is 3.47. The summed E-state index contributed by atoms with van der Waals surface area (Å²) in [4.78, 5) is 30.3. The van der Waals surface area contributed by atoms with Crippen LogP contribution in [0.3, 0.4) is 0 Å². The van der Waals surface area contributed by atoms with Gasteiger partial charge in [0.15, 0.2) is 0 Å². The number of hydrogen-bond acceptors (Lipinski definition) is 4. The van der Waals surface area contributed by atoms with Crippen molar-refractivity contribution in [3.05, 3.63) is 51.9 Å². The molecule has 0 aliphatic heterocycles. The summed E-state index contributed by atoms with van der Waals surface area (Å²) >= 11 is 1.45. The molecule has 1 N–H and O–H groups in total. The molecule has 0 saturated heterocycles. The molecule has 0 fully saturated rings. The first kappa shape index (κ1) is 15.4. The second-order valence-corrected chi connectivity index (χ2v) is 6.50. The van der Waals surface area contributed by atoms with Gasteiger partial charge in [-0.1, -0.05) is 37.3 Å². The lowest BCUT2D eigenvalue weighted by atomic mass is 10.0. The van der Waals surface area contributed by atoms with E-state index < -0.39 is 12.0 Å². The topological polar surface area (TPSA) is 72.2 Å². The number of aromatic nitrogens is 2. The zero-order valence-electron chi connectivity index (χ0n) is 12.8. The van der Waals surface area contributed by atoms with Crippen LogP contribution in [0.2, 0.25) is 0 Å². The number of carboxylic acids is 1. The molecule has 0 amide bonds. The van der Waals surface area contributed by atoms with Gasteiger partial charge in [-0.3, -0.25) is 9.36 Å². The molecule has 2 aromatic heterocycles. The Balaban J connectivity index is 2.33. The third-order valence-electron chi connectivity index (χ3n) is 3.88. The fourth-order valence-corrected chi connectivity index (χ4v) is 3.78. The number of rotatable bonds is 4. The van der Waals surface area contributed by atoms with Gasteiger partial charge in [-0.2, -0.15) is 0 Å². The molecular weight excluding hydrogens is 312 g/mol. The molecule has 3 aromatic rings. The van der Waals surface area contributed by atoms with E-state index in [1.54, 1.807) is 6.92 Å². The number of thiophene rings is 1. The van der Waals surface area contributed by atoms with Gasteiger partial charge in [0.05, 0.1) is 11.7 Å². The molecule has 118 valence electrons. The fraction of sp³-hybridized carbons (Fsp3) is 0.235. The lowest BCUT2D eigenvalue weighted by Crippen LogP contribution is -2.29. The summed E-state index contributed by atoms with van der Waals surface area (Å²) in [6.45, 7) is 3.69. The van der Waals surface area contributed by atoms with Crippen LogP contribution in [0.15, 0.2) is 41.5 Å². The monoisotopic (exact) mass is 328 g/mol. The van der Waals surface area contributed by atoms with E-state index in [9.17, 15) is 14.7 Å². The van der Waals surface area contributed by atoms with E-state index in [0.29, 0.717) is 16.6 Å². The van der Waals surface area contributed by atoms with Crippen LogP contribution in [0.4, 0.5) is 0 Å². The SMILES string of the molecule is CCC(C(=O)O)n1cnc2sc(C)c(-c3ccccc3)c2c1=O. The highest BCUT2D eigenvalue weighted by Gasteiger charge is 2.23. The van der Waals surface area contributed by atoms with E-state index in [4.69, 9.17) is 0 Å². The highest BCUT2D eigenvalue weighted by molar-refractivity contribution is 7.19. The average molecular weight is 328 g/mol. The fourth-order valence-electron chi connectivity index (χ4n) is 2.78. The van der Waals surface area contributed by atoms with Crippen molar-refractivity contribution in [3.8, 4) is 11.1 Å². The van der Waals surface area contributed by atoms with Gasteiger partial charge in [0, 0.05) is 10.4 Å². The van der Waals surface area contributed by atoms with E-state index in [2.05, 4.69) is 4.98 Å². The summed E-state index contributed by atoms with van der Waals surface area (Å²) in [5, 5.41) is 9.83. The van der Waals surface area contributed by atoms with Gasteiger partial charge in [0.1, 0.15) is 10.9 Å². The molecule has 5 nitrogen and oxygen atoms in total. The van der Waals surface area contributed by atoms with Crippen molar-refractivity contribution in [2.75, 3.05) is 0 Å². The number of nitrogens with zero attached hydrogens (tertiary/aromatic N) is 2. The van der Waals surface area contributed by atoms with Gasteiger partial charge >= 0.3 is 5.97 Å². The summed E-state index contributed by atoms with van der Waals surface area (Å²) in [6, 6.07) is 8.74. The summed E-state index contributed by atoms with van der Waals surface area (Å²) in [5.41, 5.74) is 1.49. The number of carboxylic acid groups (broad SMARTS) is 1. The average Bonchev–Trinajstić information content (AvgIpc) is 2.88. The first-order valence-electron chi connectivity index (χ1n) is 7.33. The molecule has 0 spiro atoms. The van der Waals surface area contributed by atoms with Crippen LogP contribution in [-0.4, -0.2) is 20.6 Å². The number of carbonyl (C=O) groups is 1. The Bertz CT molecular complexity index is 928. The smallest absolute Gasteiger partial charge is 0.326 e. The quantitative estimate of drug-likeness (QED) is 0.796. The number of benzene rings is 1. The Kier molecular flexibility index (Phi) is 4.00. The second kappa shape index (κ2) is 5.96. The van der Waals surface area contributed by atoms with Gasteiger partial charge in [-0.25, -0.2) is 9.78 Å². The molecule has 1 aromatic carbocycles. The van der Waals surface area contributed by atoms with Crippen LogP contribution in [0, 0.1) is 6.92 Å². The van der Waals surface area contributed by atoms with Gasteiger partial charge in [0.25, 0.3) is 5.56 Å². The molecule has 1 unspecified atom stereocenters. The maximum atomic E-state index is 12.9. The van der Waals surface area contributed by atoms with E-state index >= 15 is 0 Å². The number of aryl methyl sites for hydroxylation is 1. The number of fused-ring (bicyclic) bond motifs is 1.